The molecule has 0 saturated heterocycles. The van der Waals surface area contributed by atoms with Gasteiger partial charge in [-0.2, -0.15) is 5.10 Å². The first kappa shape index (κ1) is 16.0. The maximum Gasteiger partial charge on any atom is 0.277 e. The number of ether oxygens (including phenoxy) is 1. The van der Waals surface area contributed by atoms with E-state index < -0.39 is 0 Å². The summed E-state index contributed by atoms with van der Waals surface area (Å²) >= 11 is 5.95. The predicted molar refractivity (Wildman–Crippen MR) is 96.6 cm³/mol. The van der Waals surface area contributed by atoms with E-state index in [1.165, 1.54) is 0 Å². The summed E-state index contributed by atoms with van der Waals surface area (Å²) in [6, 6.07) is 21.0. The number of nitrogens with one attached hydrogen (secondary N) is 1. The summed E-state index contributed by atoms with van der Waals surface area (Å²) in [6.07, 6.45) is 1.60. The molecule has 0 heterocycles. The Labute approximate surface area is 144 Å². The van der Waals surface area contributed by atoms with E-state index in [0.29, 0.717) is 10.8 Å². The molecule has 0 fully saturated rings. The Morgan fingerprint density at radius 2 is 1.79 bits per heavy atom. The first-order valence-corrected chi connectivity index (χ1v) is 7.78. The molecule has 0 spiro atoms. The van der Waals surface area contributed by atoms with Crippen LogP contribution in [0.5, 0.6) is 5.75 Å². The number of para-hydroxylation sites is 1. The number of nitrogens with zero attached hydrogens (tertiary/aromatic N) is 1. The number of halogens is 1. The van der Waals surface area contributed by atoms with Crippen LogP contribution in [0, 0.1) is 0 Å². The molecule has 0 aliphatic heterocycles. The Hall–Kier alpha value is -2.85. The molecule has 3 aromatic carbocycles. The fourth-order valence-corrected chi connectivity index (χ4v) is 2.39. The van der Waals surface area contributed by atoms with Crippen molar-refractivity contribution < 1.29 is 9.53 Å². The summed E-state index contributed by atoms with van der Waals surface area (Å²) < 4.78 is 5.34. The van der Waals surface area contributed by atoms with E-state index in [0.717, 1.165) is 16.3 Å². The molecule has 0 aliphatic rings. The van der Waals surface area contributed by atoms with Crippen molar-refractivity contribution >= 4 is 34.5 Å². The van der Waals surface area contributed by atoms with Crippen molar-refractivity contribution in [1.82, 2.24) is 5.43 Å². The van der Waals surface area contributed by atoms with E-state index in [-0.39, 0.29) is 12.5 Å². The lowest BCUT2D eigenvalue weighted by atomic mass is 10.1. The molecule has 0 aromatic heterocycles. The molecule has 120 valence electrons. The van der Waals surface area contributed by atoms with Gasteiger partial charge in [0.15, 0.2) is 6.61 Å². The third kappa shape index (κ3) is 4.12. The lowest BCUT2D eigenvalue weighted by molar-refractivity contribution is -0.123. The highest BCUT2D eigenvalue weighted by atomic mass is 35.5. The Kier molecular flexibility index (Phi) is 5.08. The SMILES string of the molecule is O=C(COc1ccccc1Cl)NN=Cc1ccc2ccccc2c1. The van der Waals surface area contributed by atoms with Crippen molar-refractivity contribution in [1.29, 1.82) is 0 Å². The third-order valence-electron chi connectivity index (χ3n) is 3.37. The predicted octanol–water partition coefficient (Wildman–Crippen LogP) is 4.02. The minimum atomic E-state index is -0.355. The van der Waals surface area contributed by atoms with Gasteiger partial charge in [-0.3, -0.25) is 4.79 Å². The fourth-order valence-electron chi connectivity index (χ4n) is 2.20. The number of hydrogen-bond acceptors (Lipinski definition) is 3. The van der Waals surface area contributed by atoms with E-state index >= 15 is 0 Å². The quantitative estimate of drug-likeness (QED) is 0.564. The topological polar surface area (TPSA) is 50.7 Å². The summed E-state index contributed by atoms with van der Waals surface area (Å²) in [7, 11) is 0. The average Bonchev–Trinajstić information content (AvgIpc) is 2.61. The smallest absolute Gasteiger partial charge is 0.277 e. The highest BCUT2D eigenvalue weighted by Gasteiger charge is 2.04. The molecule has 24 heavy (non-hydrogen) atoms. The largest absolute Gasteiger partial charge is 0.482 e. The second-order valence-electron chi connectivity index (χ2n) is 5.12. The maximum atomic E-state index is 11.7. The van der Waals surface area contributed by atoms with E-state index in [1.807, 2.05) is 42.5 Å². The van der Waals surface area contributed by atoms with Gasteiger partial charge in [-0.15, -0.1) is 0 Å². The highest BCUT2D eigenvalue weighted by Crippen LogP contribution is 2.22. The molecule has 1 N–H and O–H groups in total. The number of amides is 1. The molecule has 3 aromatic rings. The molecular weight excluding hydrogens is 324 g/mol. The van der Waals surface area contributed by atoms with Gasteiger partial charge in [-0.25, -0.2) is 5.43 Å². The van der Waals surface area contributed by atoms with E-state index in [4.69, 9.17) is 16.3 Å². The second-order valence-corrected chi connectivity index (χ2v) is 5.53. The van der Waals surface area contributed by atoms with Crippen molar-refractivity contribution in [2.24, 2.45) is 5.10 Å². The van der Waals surface area contributed by atoms with Crippen LogP contribution in [0.4, 0.5) is 0 Å². The molecule has 3 rings (SSSR count). The number of benzene rings is 3. The van der Waals surface area contributed by atoms with Gasteiger partial charge >= 0.3 is 0 Å². The molecule has 0 radical (unpaired) electrons. The van der Waals surface area contributed by atoms with Crippen molar-refractivity contribution in [3.8, 4) is 5.75 Å². The standard InChI is InChI=1S/C19H15ClN2O2/c20-17-7-3-4-8-18(17)24-13-19(23)22-21-12-14-9-10-15-5-1-2-6-16(15)11-14/h1-12H,13H2,(H,22,23). The molecule has 0 unspecified atom stereocenters. The number of fused-ring (bicyclic) bond motifs is 1. The summed E-state index contributed by atoms with van der Waals surface area (Å²) in [4.78, 5) is 11.7. The van der Waals surface area contributed by atoms with Crippen LogP contribution in [0.25, 0.3) is 10.8 Å². The van der Waals surface area contributed by atoms with Crippen LogP contribution < -0.4 is 10.2 Å². The Bertz CT molecular complexity index is 893. The summed E-state index contributed by atoms with van der Waals surface area (Å²) in [5, 5.41) is 6.69. The monoisotopic (exact) mass is 338 g/mol. The van der Waals surface area contributed by atoms with Crippen molar-refractivity contribution in [2.75, 3.05) is 6.61 Å². The first-order valence-electron chi connectivity index (χ1n) is 7.40. The van der Waals surface area contributed by atoms with Gasteiger partial charge in [0.25, 0.3) is 5.91 Å². The van der Waals surface area contributed by atoms with Gasteiger partial charge in [-0.1, -0.05) is 60.1 Å². The van der Waals surface area contributed by atoms with Crippen LogP contribution in [0.1, 0.15) is 5.56 Å². The zero-order valence-corrected chi connectivity index (χ0v) is 13.5. The normalized spacial score (nSPS) is 10.9. The zero-order valence-electron chi connectivity index (χ0n) is 12.8. The Balaban J connectivity index is 1.55. The molecule has 1 amide bonds. The molecule has 0 atom stereocenters. The summed E-state index contributed by atoms with van der Waals surface area (Å²) in [6.45, 7) is -0.154. The van der Waals surface area contributed by atoms with Gasteiger partial charge in [0.05, 0.1) is 11.2 Å². The van der Waals surface area contributed by atoms with Crippen LogP contribution >= 0.6 is 11.6 Å². The number of hydrogen-bond donors (Lipinski definition) is 1. The number of hydrazone groups is 1. The highest BCUT2D eigenvalue weighted by molar-refractivity contribution is 6.32. The maximum absolute atomic E-state index is 11.7. The van der Waals surface area contributed by atoms with E-state index in [1.54, 1.807) is 30.5 Å². The van der Waals surface area contributed by atoms with Gasteiger partial charge in [0, 0.05) is 0 Å². The minimum Gasteiger partial charge on any atom is -0.482 e. The van der Waals surface area contributed by atoms with Crippen molar-refractivity contribution in [2.45, 2.75) is 0 Å². The second kappa shape index (κ2) is 7.62. The lowest BCUT2D eigenvalue weighted by Gasteiger charge is -2.06. The molecular formula is C19H15ClN2O2. The number of carbonyl (C=O) groups excluding carboxylic acids is 1. The third-order valence-corrected chi connectivity index (χ3v) is 3.68. The Morgan fingerprint density at radius 3 is 2.62 bits per heavy atom. The van der Waals surface area contributed by atoms with Gasteiger partial charge in [0.2, 0.25) is 0 Å². The molecule has 0 aliphatic carbocycles. The average molecular weight is 339 g/mol. The van der Waals surface area contributed by atoms with Crippen molar-refractivity contribution in [3.05, 3.63) is 77.3 Å². The number of rotatable bonds is 5. The van der Waals surface area contributed by atoms with Crippen LogP contribution in [-0.4, -0.2) is 18.7 Å². The van der Waals surface area contributed by atoms with Gasteiger partial charge in [-0.05, 0) is 34.5 Å². The summed E-state index contributed by atoms with van der Waals surface area (Å²) in [5.41, 5.74) is 3.34. The zero-order chi connectivity index (χ0) is 16.8. The minimum absolute atomic E-state index is 0.154. The molecule has 0 bridgehead atoms. The van der Waals surface area contributed by atoms with Crippen LogP contribution in [-0.2, 0) is 4.79 Å². The van der Waals surface area contributed by atoms with Crippen LogP contribution in [0.15, 0.2) is 71.8 Å². The number of carbonyl (C=O) groups is 1. The lowest BCUT2D eigenvalue weighted by Crippen LogP contribution is -2.24. The van der Waals surface area contributed by atoms with Crippen molar-refractivity contribution in [3.63, 3.8) is 0 Å². The first-order chi connectivity index (χ1) is 11.7. The van der Waals surface area contributed by atoms with Gasteiger partial charge < -0.3 is 4.74 Å². The van der Waals surface area contributed by atoms with E-state index in [9.17, 15) is 4.79 Å². The molecule has 0 saturated carbocycles. The van der Waals surface area contributed by atoms with Gasteiger partial charge in [0.1, 0.15) is 5.75 Å². The molecule has 5 heteroatoms. The van der Waals surface area contributed by atoms with E-state index in [2.05, 4.69) is 10.5 Å². The molecule has 4 nitrogen and oxygen atoms in total. The summed E-state index contributed by atoms with van der Waals surface area (Å²) in [5.74, 6) is 0.111. The van der Waals surface area contributed by atoms with Crippen LogP contribution in [0.2, 0.25) is 5.02 Å². The van der Waals surface area contributed by atoms with Crippen LogP contribution in [0.3, 0.4) is 0 Å². The fraction of sp³-hybridized carbons (Fsp3) is 0.0526. The Morgan fingerprint density at radius 1 is 1.04 bits per heavy atom.